The van der Waals surface area contributed by atoms with Gasteiger partial charge >= 0.3 is 0 Å². The van der Waals surface area contributed by atoms with Gasteiger partial charge in [0.2, 0.25) is 0 Å². The summed E-state index contributed by atoms with van der Waals surface area (Å²) in [5, 5.41) is 0. The lowest BCUT2D eigenvalue weighted by Gasteiger charge is -2.12. The van der Waals surface area contributed by atoms with Gasteiger partial charge in [0.15, 0.2) is 0 Å². The molecule has 0 aromatic heterocycles. The molecule has 0 aliphatic rings. The van der Waals surface area contributed by atoms with E-state index in [-0.39, 0.29) is 0 Å². The summed E-state index contributed by atoms with van der Waals surface area (Å²) < 4.78 is 11.4. The zero-order valence-corrected chi connectivity index (χ0v) is 14.4. The van der Waals surface area contributed by atoms with Gasteiger partial charge in [0.25, 0.3) is 0 Å². The van der Waals surface area contributed by atoms with Crippen LogP contribution < -0.4 is 9.47 Å². The molecule has 0 aliphatic heterocycles. The monoisotopic (exact) mass is 313 g/mol. The van der Waals surface area contributed by atoms with Crippen LogP contribution >= 0.6 is 0 Å². The Morgan fingerprint density at radius 3 is 2.39 bits per heavy atom. The molecule has 0 bridgehead atoms. The summed E-state index contributed by atoms with van der Waals surface area (Å²) in [5.74, 6) is 1.72. The fourth-order valence-corrected chi connectivity index (χ4v) is 2.51. The fraction of sp³-hybridized carbons (Fsp3) is 0.400. The molecule has 0 unspecified atom stereocenters. The predicted molar refractivity (Wildman–Crippen MR) is 96.3 cm³/mol. The molecule has 0 spiro atoms. The molecule has 2 rings (SSSR count). The predicted octanol–water partition coefficient (Wildman–Crippen LogP) is 4.47. The number of methoxy groups -OCH3 is 1. The minimum absolute atomic E-state index is 0.751. The van der Waals surface area contributed by atoms with Gasteiger partial charge in [-0.15, -0.1) is 0 Å². The van der Waals surface area contributed by atoms with Crippen LogP contribution in [0.2, 0.25) is 0 Å². The molecule has 0 fully saturated rings. The van der Waals surface area contributed by atoms with Crippen molar-refractivity contribution >= 4 is 0 Å². The zero-order chi connectivity index (χ0) is 16.5. The van der Waals surface area contributed by atoms with Gasteiger partial charge in [-0.2, -0.15) is 0 Å². The molecule has 0 aliphatic carbocycles. The molecule has 2 aromatic carbocycles. The number of rotatable bonds is 9. The van der Waals surface area contributed by atoms with Gasteiger partial charge in [-0.05, 0) is 57.6 Å². The van der Waals surface area contributed by atoms with Crippen molar-refractivity contribution in [2.24, 2.45) is 0 Å². The highest BCUT2D eigenvalue weighted by Crippen LogP contribution is 2.33. The van der Waals surface area contributed by atoms with E-state index in [1.807, 2.05) is 30.3 Å². The molecule has 0 saturated carbocycles. The van der Waals surface area contributed by atoms with Crippen LogP contribution in [0, 0.1) is 0 Å². The average molecular weight is 313 g/mol. The summed E-state index contributed by atoms with van der Waals surface area (Å²) in [6.07, 6.45) is 3.49. The Hall–Kier alpha value is -2.00. The van der Waals surface area contributed by atoms with E-state index < -0.39 is 0 Å². The molecule has 3 heteroatoms. The summed E-state index contributed by atoms with van der Waals surface area (Å²) in [4.78, 5) is 2.22. The van der Waals surface area contributed by atoms with Crippen molar-refractivity contribution in [2.45, 2.75) is 19.3 Å². The van der Waals surface area contributed by atoms with Gasteiger partial charge in [-0.25, -0.2) is 0 Å². The topological polar surface area (TPSA) is 21.7 Å². The smallest absolute Gasteiger partial charge is 0.130 e. The summed E-state index contributed by atoms with van der Waals surface area (Å²) in [5.41, 5.74) is 2.24. The van der Waals surface area contributed by atoms with Crippen molar-refractivity contribution in [3.05, 3.63) is 48.5 Å². The maximum atomic E-state index is 5.85. The Balaban J connectivity index is 1.89. The van der Waals surface area contributed by atoms with E-state index in [9.17, 15) is 0 Å². The van der Waals surface area contributed by atoms with Crippen LogP contribution in [-0.4, -0.2) is 39.3 Å². The van der Waals surface area contributed by atoms with Gasteiger partial charge in [-0.1, -0.05) is 30.3 Å². The van der Waals surface area contributed by atoms with E-state index in [2.05, 4.69) is 37.2 Å². The maximum Gasteiger partial charge on any atom is 0.130 e. The lowest BCUT2D eigenvalue weighted by atomic mass is 10.0. The third-order valence-electron chi connectivity index (χ3n) is 3.78. The molecule has 0 heterocycles. The standard InChI is InChI=1S/C20H27NO2/c1-21(2)14-8-5-9-15-23-18-12-13-19(20(16-18)22-3)17-10-6-4-7-11-17/h4,6-7,10-13,16H,5,8-9,14-15H2,1-3H3. The lowest BCUT2D eigenvalue weighted by Crippen LogP contribution is -2.13. The van der Waals surface area contributed by atoms with E-state index in [1.165, 1.54) is 12.8 Å². The quantitative estimate of drug-likeness (QED) is 0.637. The molecule has 0 N–H and O–H groups in total. The summed E-state index contributed by atoms with van der Waals surface area (Å²) in [6, 6.07) is 16.3. The van der Waals surface area contributed by atoms with E-state index in [0.717, 1.165) is 42.2 Å². The number of unbranched alkanes of at least 4 members (excludes halogenated alkanes) is 2. The van der Waals surface area contributed by atoms with Crippen molar-refractivity contribution in [3.63, 3.8) is 0 Å². The molecule has 0 radical (unpaired) electrons. The van der Waals surface area contributed by atoms with Gasteiger partial charge in [0.1, 0.15) is 11.5 Å². The van der Waals surface area contributed by atoms with Gasteiger partial charge in [0.05, 0.1) is 13.7 Å². The highest BCUT2D eigenvalue weighted by atomic mass is 16.5. The molecule has 23 heavy (non-hydrogen) atoms. The minimum Gasteiger partial charge on any atom is -0.496 e. The highest BCUT2D eigenvalue weighted by Gasteiger charge is 2.07. The normalized spacial score (nSPS) is 10.8. The second-order valence-electron chi connectivity index (χ2n) is 5.94. The molecule has 3 nitrogen and oxygen atoms in total. The van der Waals surface area contributed by atoms with Gasteiger partial charge in [-0.3, -0.25) is 0 Å². The van der Waals surface area contributed by atoms with Crippen LogP contribution in [0.5, 0.6) is 11.5 Å². The molecule has 0 saturated heterocycles. The molecular weight excluding hydrogens is 286 g/mol. The first-order valence-corrected chi connectivity index (χ1v) is 8.21. The van der Waals surface area contributed by atoms with Crippen molar-refractivity contribution < 1.29 is 9.47 Å². The maximum absolute atomic E-state index is 5.85. The third-order valence-corrected chi connectivity index (χ3v) is 3.78. The second kappa shape index (κ2) is 9.21. The van der Waals surface area contributed by atoms with E-state index >= 15 is 0 Å². The summed E-state index contributed by atoms with van der Waals surface area (Å²) in [7, 11) is 5.92. The van der Waals surface area contributed by atoms with Crippen molar-refractivity contribution in [1.29, 1.82) is 0 Å². The minimum atomic E-state index is 0.751. The molecular formula is C20H27NO2. The molecule has 0 amide bonds. The third kappa shape index (κ3) is 5.61. The van der Waals surface area contributed by atoms with E-state index in [0.29, 0.717) is 0 Å². The summed E-state index contributed by atoms with van der Waals surface area (Å²) >= 11 is 0. The Labute approximate surface area is 139 Å². The molecule has 2 aromatic rings. The van der Waals surface area contributed by atoms with Gasteiger partial charge < -0.3 is 14.4 Å². The Bertz CT molecular complexity index is 581. The lowest BCUT2D eigenvalue weighted by molar-refractivity contribution is 0.297. The first-order valence-electron chi connectivity index (χ1n) is 8.21. The fourth-order valence-electron chi connectivity index (χ4n) is 2.51. The number of hydrogen-bond donors (Lipinski definition) is 0. The first-order chi connectivity index (χ1) is 11.2. The van der Waals surface area contributed by atoms with Crippen LogP contribution in [-0.2, 0) is 0 Å². The number of benzene rings is 2. The van der Waals surface area contributed by atoms with Crippen molar-refractivity contribution in [2.75, 3.05) is 34.4 Å². The zero-order valence-electron chi connectivity index (χ0n) is 14.4. The van der Waals surface area contributed by atoms with Crippen LogP contribution in [0.4, 0.5) is 0 Å². The van der Waals surface area contributed by atoms with Crippen LogP contribution in [0.15, 0.2) is 48.5 Å². The first kappa shape index (κ1) is 17.4. The molecule has 0 atom stereocenters. The Morgan fingerprint density at radius 1 is 0.913 bits per heavy atom. The summed E-state index contributed by atoms with van der Waals surface area (Å²) in [6.45, 7) is 1.89. The molecule has 124 valence electrons. The SMILES string of the molecule is COc1cc(OCCCCCN(C)C)ccc1-c1ccccc1. The number of hydrogen-bond acceptors (Lipinski definition) is 3. The number of nitrogens with zero attached hydrogens (tertiary/aromatic N) is 1. The highest BCUT2D eigenvalue weighted by molar-refractivity contribution is 5.71. The van der Waals surface area contributed by atoms with Crippen LogP contribution in [0.3, 0.4) is 0 Å². The second-order valence-corrected chi connectivity index (χ2v) is 5.94. The van der Waals surface area contributed by atoms with E-state index in [1.54, 1.807) is 7.11 Å². The average Bonchev–Trinajstić information content (AvgIpc) is 2.58. The van der Waals surface area contributed by atoms with Crippen molar-refractivity contribution in [3.8, 4) is 22.6 Å². The van der Waals surface area contributed by atoms with Gasteiger partial charge in [0, 0.05) is 11.6 Å². The number of ether oxygens (including phenoxy) is 2. The van der Waals surface area contributed by atoms with Crippen LogP contribution in [0.1, 0.15) is 19.3 Å². The Morgan fingerprint density at radius 2 is 1.70 bits per heavy atom. The Kier molecular flexibility index (Phi) is 6.95. The van der Waals surface area contributed by atoms with Crippen molar-refractivity contribution in [1.82, 2.24) is 4.90 Å². The largest absolute Gasteiger partial charge is 0.496 e. The van der Waals surface area contributed by atoms with Crippen LogP contribution in [0.25, 0.3) is 11.1 Å². The van der Waals surface area contributed by atoms with E-state index in [4.69, 9.17) is 9.47 Å².